The van der Waals surface area contributed by atoms with Crippen molar-refractivity contribution in [2.45, 2.75) is 38.8 Å². The second-order valence-corrected chi connectivity index (χ2v) is 5.88. The van der Waals surface area contributed by atoms with E-state index in [0.29, 0.717) is 17.7 Å². The number of carbonyl (C=O) groups excluding carboxylic acids is 1. The SMILES string of the molecule is CC(C)C[C@@H](NC(=O)C1CC(c2cccc(F)c2)=NO1)C(=O)O. The van der Waals surface area contributed by atoms with Gasteiger partial charge in [-0.25, -0.2) is 9.18 Å². The molecule has 0 bridgehead atoms. The molecule has 1 heterocycles. The zero-order chi connectivity index (χ0) is 17.0. The van der Waals surface area contributed by atoms with E-state index in [1.54, 1.807) is 12.1 Å². The van der Waals surface area contributed by atoms with Gasteiger partial charge in [-0.3, -0.25) is 4.79 Å². The van der Waals surface area contributed by atoms with Crippen molar-refractivity contribution in [2.24, 2.45) is 11.1 Å². The molecule has 6 nitrogen and oxygen atoms in total. The Balaban J connectivity index is 1.97. The summed E-state index contributed by atoms with van der Waals surface area (Å²) >= 11 is 0. The van der Waals surface area contributed by atoms with E-state index in [4.69, 9.17) is 9.94 Å². The molecule has 124 valence electrons. The quantitative estimate of drug-likeness (QED) is 0.838. The highest BCUT2D eigenvalue weighted by molar-refractivity contribution is 6.04. The van der Waals surface area contributed by atoms with Crippen molar-refractivity contribution in [3.63, 3.8) is 0 Å². The Morgan fingerprint density at radius 3 is 2.83 bits per heavy atom. The lowest BCUT2D eigenvalue weighted by atomic mass is 10.0. The van der Waals surface area contributed by atoms with Crippen LogP contribution in [0.1, 0.15) is 32.3 Å². The number of carboxylic acid groups (broad SMARTS) is 1. The van der Waals surface area contributed by atoms with E-state index in [0.717, 1.165) is 0 Å². The van der Waals surface area contributed by atoms with Gasteiger partial charge in [0.05, 0.1) is 5.71 Å². The molecule has 1 aliphatic rings. The first kappa shape index (κ1) is 16.9. The van der Waals surface area contributed by atoms with Crippen molar-refractivity contribution in [3.8, 4) is 0 Å². The third-order valence-electron chi connectivity index (χ3n) is 3.44. The molecule has 1 aromatic rings. The van der Waals surface area contributed by atoms with Crippen molar-refractivity contribution in [1.82, 2.24) is 5.32 Å². The summed E-state index contributed by atoms with van der Waals surface area (Å²) in [7, 11) is 0. The van der Waals surface area contributed by atoms with Gasteiger partial charge in [0.15, 0.2) is 0 Å². The molecule has 0 saturated carbocycles. The van der Waals surface area contributed by atoms with Crippen molar-refractivity contribution in [1.29, 1.82) is 0 Å². The Morgan fingerprint density at radius 1 is 1.48 bits per heavy atom. The maximum atomic E-state index is 13.2. The molecule has 1 aliphatic heterocycles. The lowest BCUT2D eigenvalue weighted by molar-refractivity contribution is -0.144. The van der Waals surface area contributed by atoms with Gasteiger partial charge < -0.3 is 15.3 Å². The minimum atomic E-state index is -1.09. The van der Waals surface area contributed by atoms with Gasteiger partial charge in [-0.05, 0) is 24.5 Å². The van der Waals surface area contributed by atoms with Gasteiger partial charge in [-0.2, -0.15) is 0 Å². The van der Waals surface area contributed by atoms with Gasteiger partial charge >= 0.3 is 5.97 Å². The molecule has 1 unspecified atom stereocenters. The monoisotopic (exact) mass is 322 g/mol. The number of carboxylic acids is 1. The van der Waals surface area contributed by atoms with E-state index in [-0.39, 0.29) is 12.3 Å². The summed E-state index contributed by atoms with van der Waals surface area (Å²) in [6.07, 6.45) is -0.406. The van der Waals surface area contributed by atoms with E-state index < -0.39 is 29.8 Å². The fourth-order valence-corrected chi connectivity index (χ4v) is 2.31. The fourth-order valence-electron chi connectivity index (χ4n) is 2.31. The Bertz CT molecular complexity index is 630. The zero-order valence-corrected chi connectivity index (χ0v) is 13.0. The molecule has 0 aromatic heterocycles. The standard InChI is InChI=1S/C16H19FN2O4/c1-9(2)6-13(16(21)22)18-15(20)14-8-12(19-23-14)10-4-3-5-11(17)7-10/h3-5,7,9,13-14H,6,8H2,1-2H3,(H,18,20)(H,21,22)/t13-,14?/m1/s1. The molecule has 2 N–H and O–H groups in total. The van der Waals surface area contributed by atoms with Crippen molar-refractivity contribution in [2.75, 3.05) is 0 Å². The van der Waals surface area contributed by atoms with Crippen LogP contribution in [-0.2, 0) is 14.4 Å². The normalized spacial score (nSPS) is 18.3. The second-order valence-electron chi connectivity index (χ2n) is 5.88. The highest BCUT2D eigenvalue weighted by atomic mass is 19.1. The van der Waals surface area contributed by atoms with E-state index in [1.807, 2.05) is 13.8 Å². The second kappa shape index (κ2) is 7.21. The highest BCUT2D eigenvalue weighted by Gasteiger charge is 2.32. The first-order valence-electron chi connectivity index (χ1n) is 7.38. The highest BCUT2D eigenvalue weighted by Crippen LogP contribution is 2.18. The Morgan fingerprint density at radius 2 is 2.22 bits per heavy atom. The van der Waals surface area contributed by atoms with Crippen LogP contribution in [0, 0.1) is 11.7 Å². The number of hydrogen-bond donors (Lipinski definition) is 2. The molecule has 0 aliphatic carbocycles. The van der Waals surface area contributed by atoms with Crippen molar-refractivity contribution in [3.05, 3.63) is 35.6 Å². The third kappa shape index (κ3) is 4.51. The fraction of sp³-hybridized carbons (Fsp3) is 0.438. The van der Waals surface area contributed by atoms with Crippen LogP contribution in [0.2, 0.25) is 0 Å². The van der Waals surface area contributed by atoms with Crippen LogP contribution >= 0.6 is 0 Å². The number of aliphatic carboxylic acids is 1. The van der Waals surface area contributed by atoms with Crippen LogP contribution in [0.15, 0.2) is 29.4 Å². The van der Waals surface area contributed by atoms with Gasteiger partial charge in [0.1, 0.15) is 11.9 Å². The van der Waals surface area contributed by atoms with Gasteiger partial charge in [0.25, 0.3) is 5.91 Å². The minimum absolute atomic E-state index is 0.125. The van der Waals surface area contributed by atoms with Crippen LogP contribution in [0.4, 0.5) is 4.39 Å². The topological polar surface area (TPSA) is 88.0 Å². The van der Waals surface area contributed by atoms with Crippen LogP contribution in [-0.4, -0.2) is 34.8 Å². The number of rotatable bonds is 6. The maximum absolute atomic E-state index is 13.2. The number of nitrogens with zero attached hydrogens (tertiary/aromatic N) is 1. The molecule has 1 amide bonds. The number of benzene rings is 1. The Kier molecular flexibility index (Phi) is 5.31. The van der Waals surface area contributed by atoms with Crippen molar-refractivity contribution >= 4 is 17.6 Å². The van der Waals surface area contributed by atoms with E-state index in [2.05, 4.69) is 10.5 Å². The first-order valence-corrected chi connectivity index (χ1v) is 7.38. The number of halogens is 1. The molecule has 7 heteroatoms. The number of oxime groups is 1. The van der Waals surface area contributed by atoms with Gasteiger partial charge in [-0.15, -0.1) is 0 Å². The van der Waals surface area contributed by atoms with E-state index in [9.17, 15) is 14.0 Å². The average Bonchev–Trinajstić information content (AvgIpc) is 2.95. The molecule has 0 fully saturated rings. The van der Waals surface area contributed by atoms with Crippen molar-refractivity contribution < 1.29 is 23.9 Å². The summed E-state index contributed by atoms with van der Waals surface area (Å²) in [6, 6.07) is 4.87. The lowest BCUT2D eigenvalue weighted by Crippen LogP contribution is -2.46. The smallest absolute Gasteiger partial charge is 0.326 e. The molecule has 0 saturated heterocycles. The first-order chi connectivity index (χ1) is 10.9. The predicted molar refractivity (Wildman–Crippen MR) is 81.4 cm³/mol. The summed E-state index contributed by atoms with van der Waals surface area (Å²) in [5.74, 6) is -1.90. The number of amides is 1. The Labute approximate surface area is 133 Å². The molecule has 0 radical (unpaired) electrons. The summed E-state index contributed by atoms with van der Waals surface area (Å²) in [5.41, 5.74) is 0.998. The largest absolute Gasteiger partial charge is 0.480 e. The minimum Gasteiger partial charge on any atom is -0.480 e. The number of hydrogen-bond acceptors (Lipinski definition) is 4. The molecular weight excluding hydrogens is 303 g/mol. The summed E-state index contributed by atoms with van der Waals surface area (Å²) in [5, 5.41) is 15.4. The van der Waals surface area contributed by atoms with E-state index >= 15 is 0 Å². The summed E-state index contributed by atoms with van der Waals surface area (Å²) < 4.78 is 13.2. The van der Waals surface area contributed by atoms with Crippen LogP contribution in [0.5, 0.6) is 0 Å². The van der Waals surface area contributed by atoms with Gasteiger partial charge in [0.2, 0.25) is 6.10 Å². The molecule has 23 heavy (non-hydrogen) atoms. The molecule has 1 aromatic carbocycles. The lowest BCUT2D eigenvalue weighted by Gasteiger charge is -2.18. The number of nitrogens with one attached hydrogen (secondary N) is 1. The average molecular weight is 322 g/mol. The van der Waals surface area contributed by atoms with Crippen LogP contribution in [0.3, 0.4) is 0 Å². The Hall–Kier alpha value is -2.44. The number of carbonyl (C=O) groups is 2. The molecule has 2 atom stereocenters. The molecular formula is C16H19FN2O4. The van der Waals surface area contributed by atoms with Crippen LogP contribution < -0.4 is 5.32 Å². The maximum Gasteiger partial charge on any atom is 0.326 e. The van der Waals surface area contributed by atoms with Gasteiger partial charge in [0, 0.05) is 12.0 Å². The molecule has 0 spiro atoms. The van der Waals surface area contributed by atoms with Gasteiger partial charge in [-0.1, -0.05) is 31.1 Å². The van der Waals surface area contributed by atoms with E-state index in [1.165, 1.54) is 12.1 Å². The van der Waals surface area contributed by atoms with Crippen LogP contribution in [0.25, 0.3) is 0 Å². The summed E-state index contributed by atoms with van der Waals surface area (Å²) in [6.45, 7) is 3.75. The zero-order valence-electron chi connectivity index (χ0n) is 13.0. The third-order valence-corrected chi connectivity index (χ3v) is 3.44. The summed E-state index contributed by atoms with van der Waals surface area (Å²) in [4.78, 5) is 28.4. The molecule has 2 rings (SSSR count). The predicted octanol–water partition coefficient (Wildman–Crippen LogP) is 1.93.